The average Bonchev–Trinajstić information content (AvgIpc) is 2.28. The topological polar surface area (TPSA) is 24.9 Å². The van der Waals surface area contributed by atoms with E-state index in [1.165, 1.54) is 0 Å². The second-order valence-corrected chi connectivity index (χ2v) is 4.46. The molecule has 0 bridgehead atoms. The lowest BCUT2D eigenvalue weighted by Crippen LogP contribution is -2.03. The summed E-state index contributed by atoms with van der Waals surface area (Å²) in [6.45, 7) is 4.72. The summed E-state index contributed by atoms with van der Waals surface area (Å²) in [4.78, 5) is 4.44. The van der Waals surface area contributed by atoms with Gasteiger partial charge in [0.1, 0.15) is 0 Å². The third kappa shape index (κ3) is 2.98. The van der Waals surface area contributed by atoms with Gasteiger partial charge in [0.05, 0.1) is 22.9 Å². The zero-order chi connectivity index (χ0) is 12.3. The molecule has 0 saturated carbocycles. The molecule has 1 heterocycles. The van der Waals surface area contributed by atoms with Gasteiger partial charge >= 0.3 is 0 Å². The van der Waals surface area contributed by atoms with Crippen LogP contribution in [0.3, 0.4) is 0 Å². The molecule has 0 aliphatic rings. The monoisotopic (exact) mass is 246 g/mol. The first kappa shape index (κ1) is 11.9. The minimum absolute atomic E-state index is 0.687. The van der Waals surface area contributed by atoms with Gasteiger partial charge in [0.25, 0.3) is 0 Å². The third-order valence-electron chi connectivity index (χ3n) is 2.61. The highest BCUT2D eigenvalue weighted by molar-refractivity contribution is 6.33. The van der Waals surface area contributed by atoms with E-state index in [1.54, 1.807) is 0 Å². The SMILES string of the molecule is Cc1cccc(CNc2c(C)cccc2Cl)n1. The van der Waals surface area contributed by atoms with E-state index in [4.69, 9.17) is 11.6 Å². The number of rotatable bonds is 3. The van der Waals surface area contributed by atoms with E-state index in [9.17, 15) is 0 Å². The second kappa shape index (κ2) is 5.19. The Balaban J connectivity index is 2.13. The van der Waals surface area contributed by atoms with Gasteiger partial charge in [-0.15, -0.1) is 0 Å². The van der Waals surface area contributed by atoms with Crippen LogP contribution in [-0.2, 0) is 6.54 Å². The smallest absolute Gasteiger partial charge is 0.0640 e. The zero-order valence-corrected chi connectivity index (χ0v) is 10.8. The fourth-order valence-corrected chi connectivity index (χ4v) is 2.02. The van der Waals surface area contributed by atoms with Crippen LogP contribution in [0.2, 0.25) is 5.02 Å². The third-order valence-corrected chi connectivity index (χ3v) is 2.93. The Morgan fingerprint density at radius 2 is 1.88 bits per heavy atom. The van der Waals surface area contributed by atoms with Crippen molar-refractivity contribution in [1.29, 1.82) is 0 Å². The Morgan fingerprint density at radius 3 is 2.59 bits per heavy atom. The number of hydrogen-bond acceptors (Lipinski definition) is 2. The van der Waals surface area contributed by atoms with Crippen molar-refractivity contribution in [3.63, 3.8) is 0 Å². The largest absolute Gasteiger partial charge is 0.378 e. The summed E-state index contributed by atoms with van der Waals surface area (Å²) >= 11 is 6.14. The number of hydrogen-bond donors (Lipinski definition) is 1. The number of pyridine rings is 1. The Bertz CT molecular complexity index is 503. The lowest BCUT2D eigenvalue weighted by atomic mass is 10.2. The summed E-state index contributed by atoms with van der Waals surface area (Å²) in [7, 11) is 0. The molecule has 88 valence electrons. The minimum Gasteiger partial charge on any atom is -0.378 e. The lowest BCUT2D eigenvalue weighted by molar-refractivity contribution is 1.01. The number of aromatic nitrogens is 1. The van der Waals surface area contributed by atoms with Crippen molar-refractivity contribution in [3.8, 4) is 0 Å². The molecule has 2 nitrogen and oxygen atoms in total. The van der Waals surface area contributed by atoms with E-state index in [2.05, 4.69) is 10.3 Å². The number of halogens is 1. The second-order valence-electron chi connectivity index (χ2n) is 4.06. The summed E-state index contributed by atoms with van der Waals surface area (Å²) in [5.74, 6) is 0. The van der Waals surface area contributed by atoms with Gasteiger partial charge in [-0.3, -0.25) is 4.98 Å². The predicted molar refractivity (Wildman–Crippen MR) is 72.5 cm³/mol. The van der Waals surface area contributed by atoms with Crippen molar-refractivity contribution in [2.24, 2.45) is 0 Å². The van der Waals surface area contributed by atoms with E-state index in [1.807, 2.05) is 50.2 Å². The highest BCUT2D eigenvalue weighted by Crippen LogP contribution is 2.25. The van der Waals surface area contributed by atoms with Gasteiger partial charge in [0.2, 0.25) is 0 Å². The number of benzene rings is 1. The first-order valence-electron chi connectivity index (χ1n) is 5.58. The fraction of sp³-hybridized carbons (Fsp3) is 0.214. The maximum atomic E-state index is 6.14. The summed E-state index contributed by atoms with van der Waals surface area (Å²) < 4.78 is 0. The first-order chi connectivity index (χ1) is 8.16. The maximum Gasteiger partial charge on any atom is 0.0640 e. The van der Waals surface area contributed by atoms with E-state index in [0.717, 1.165) is 27.7 Å². The zero-order valence-electron chi connectivity index (χ0n) is 10.00. The molecule has 0 saturated heterocycles. The molecule has 2 aromatic rings. The van der Waals surface area contributed by atoms with Gasteiger partial charge in [-0.2, -0.15) is 0 Å². The van der Waals surface area contributed by atoms with Gasteiger partial charge in [-0.05, 0) is 37.6 Å². The molecule has 2 rings (SSSR count). The van der Waals surface area contributed by atoms with Crippen molar-refractivity contribution >= 4 is 17.3 Å². The molecule has 0 spiro atoms. The molecule has 0 atom stereocenters. The molecule has 1 N–H and O–H groups in total. The van der Waals surface area contributed by atoms with Gasteiger partial charge in [-0.25, -0.2) is 0 Å². The number of para-hydroxylation sites is 1. The molecule has 0 unspecified atom stereocenters. The first-order valence-corrected chi connectivity index (χ1v) is 5.96. The summed E-state index contributed by atoms with van der Waals surface area (Å²) in [5.41, 5.74) is 4.17. The molecule has 0 fully saturated rings. The van der Waals surface area contributed by atoms with Crippen molar-refractivity contribution in [3.05, 3.63) is 58.4 Å². The van der Waals surface area contributed by atoms with Crippen LogP contribution in [-0.4, -0.2) is 4.98 Å². The molecule has 1 aromatic heterocycles. The Hall–Kier alpha value is -1.54. The van der Waals surface area contributed by atoms with Gasteiger partial charge in [0.15, 0.2) is 0 Å². The molecule has 0 amide bonds. The fourth-order valence-electron chi connectivity index (χ4n) is 1.73. The molecule has 0 aliphatic heterocycles. The summed E-state index contributed by atoms with van der Waals surface area (Å²) in [6, 6.07) is 11.9. The van der Waals surface area contributed by atoms with Gasteiger partial charge < -0.3 is 5.32 Å². The summed E-state index contributed by atoms with van der Waals surface area (Å²) in [5, 5.41) is 4.08. The maximum absolute atomic E-state index is 6.14. The standard InChI is InChI=1S/C14H15ClN2/c1-10-5-3-8-13(15)14(10)16-9-12-7-4-6-11(2)17-12/h3-8,16H,9H2,1-2H3. The minimum atomic E-state index is 0.687. The van der Waals surface area contributed by atoms with E-state index < -0.39 is 0 Å². The predicted octanol–water partition coefficient (Wildman–Crippen LogP) is 3.96. The Labute approximate surface area is 107 Å². The van der Waals surface area contributed by atoms with Crippen LogP contribution in [0.1, 0.15) is 17.0 Å². The molecular formula is C14H15ClN2. The van der Waals surface area contributed by atoms with Crippen molar-refractivity contribution in [1.82, 2.24) is 4.98 Å². The number of nitrogens with one attached hydrogen (secondary N) is 1. The van der Waals surface area contributed by atoms with Crippen LogP contribution in [0.4, 0.5) is 5.69 Å². The summed E-state index contributed by atoms with van der Waals surface area (Å²) in [6.07, 6.45) is 0. The molecule has 1 aromatic carbocycles. The van der Waals surface area contributed by atoms with Gasteiger partial charge in [0, 0.05) is 5.69 Å². The van der Waals surface area contributed by atoms with Crippen molar-refractivity contribution < 1.29 is 0 Å². The van der Waals surface area contributed by atoms with E-state index in [0.29, 0.717) is 6.54 Å². The number of aryl methyl sites for hydroxylation is 2. The average molecular weight is 247 g/mol. The Kier molecular flexibility index (Phi) is 3.64. The van der Waals surface area contributed by atoms with Crippen LogP contribution in [0, 0.1) is 13.8 Å². The molecular weight excluding hydrogens is 232 g/mol. The van der Waals surface area contributed by atoms with Crippen LogP contribution < -0.4 is 5.32 Å². The molecule has 0 radical (unpaired) electrons. The quantitative estimate of drug-likeness (QED) is 0.887. The molecule has 0 aliphatic carbocycles. The van der Waals surface area contributed by atoms with E-state index >= 15 is 0 Å². The molecule has 3 heteroatoms. The lowest BCUT2D eigenvalue weighted by Gasteiger charge is -2.11. The Morgan fingerprint density at radius 1 is 1.12 bits per heavy atom. The number of nitrogens with zero attached hydrogens (tertiary/aromatic N) is 1. The highest BCUT2D eigenvalue weighted by atomic mass is 35.5. The van der Waals surface area contributed by atoms with Crippen LogP contribution >= 0.6 is 11.6 Å². The van der Waals surface area contributed by atoms with Crippen molar-refractivity contribution in [2.45, 2.75) is 20.4 Å². The van der Waals surface area contributed by atoms with Crippen LogP contribution in [0.15, 0.2) is 36.4 Å². The van der Waals surface area contributed by atoms with Gasteiger partial charge in [-0.1, -0.05) is 29.8 Å². The normalized spacial score (nSPS) is 10.3. The highest BCUT2D eigenvalue weighted by Gasteiger charge is 2.03. The number of anilines is 1. The van der Waals surface area contributed by atoms with Crippen molar-refractivity contribution in [2.75, 3.05) is 5.32 Å². The van der Waals surface area contributed by atoms with E-state index in [-0.39, 0.29) is 0 Å². The molecule has 17 heavy (non-hydrogen) atoms. The van der Waals surface area contributed by atoms with Crippen LogP contribution in [0.5, 0.6) is 0 Å². The van der Waals surface area contributed by atoms with Crippen LogP contribution in [0.25, 0.3) is 0 Å².